The summed E-state index contributed by atoms with van der Waals surface area (Å²) in [6, 6.07) is 2.09. The summed E-state index contributed by atoms with van der Waals surface area (Å²) in [7, 11) is 0. The van der Waals surface area contributed by atoms with Gasteiger partial charge in [0.1, 0.15) is 0 Å². The number of halogens is 1. The lowest BCUT2D eigenvalue weighted by Gasteiger charge is -2.33. The maximum absolute atomic E-state index is 12.0. The van der Waals surface area contributed by atoms with Crippen LogP contribution >= 0.6 is 27.3 Å². The Balaban J connectivity index is 1.75. The van der Waals surface area contributed by atoms with Crippen LogP contribution in [0.1, 0.15) is 11.8 Å². The highest BCUT2D eigenvalue weighted by molar-refractivity contribution is 9.10. The topological polar surface area (TPSA) is 35.6 Å². The molecule has 6 heteroatoms. The first-order chi connectivity index (χ1) is 8.69. The fraction of sp³-hybridized carbons (Fsp3) is 0.583. The Morgan fingerprint density at radius 3 is 2.72 bits per heavy atom. The molecule has 0 bridgehead atoms. The van der Waals surface area contributed by atoms with Gasteiger partial charge < -0.3 is 15.1 Å². The van der Waals surface area contributed by atoms with E-state index in [0.29, 0.717) is 6.54 Å². The maximum Gasteiger partial charge on any atom is 0.317 e. The second-order valence-corrected chi connectivity index (χ2v) is 6.22. The Bertz CT molecular complexity index is 402. The van der Waals surface area contributed by atoms with Gasteiger partial charge in [-0.3, -0.25) is 0 Å². The minimum absolute atomic E-state index is 0.0512. The first-order valence-corrected chi connectivity index (χ1v) is 7.84. The molecule has 4 nitrogen and oxygen atoms in total. The van der Waals surface area contributed by atoms with Crippen molar-refractivity contribution < 1.29 is 4.79 Å². The van der Waals surface area contributed by atoms with Gasteiger partial charge in [0.25, 0.3) is 0 Å². The summed E-state index contributed by atoms with van der Waals surface area (Å²) in [5.74, 6) is 0. The molecule has 100 valence electrons. The number of amides is 2. The van der Waals surface area contributed by atoms with Gasteiger partial charge in [-0.2, -0.15) is 0 Å². The van der Waals surface area contributed by atoms with E-state index in [1.165, 1.54) is 4.88 Å². The van der Waals surface area contributed by atoms with Crippen LogP contribution in [0, 0.1) is 0 Å². The Morgan fingerprint density at radius 2 is 2.17 bits per heavy atom. The smallest absolute Gasteiger partial charge is 0.317 e. The molecule has 0 atom stereocenters. The molecule has 0 aromatic carbocycles. The van der Waals surface area contributed by atoms with Crippen LogP contribution in [0.3, 0.4) is 0 Å². The molecule has 1 aromatic rings. The number of urea groups is 1. The molecule has 1 aliphatic rings. The van der Waals surface area contributed by atoms with E-state index >= 15 is 0 Å². The van der Waals surface area contributed by atoms with Gasteiger partial charge in [-0.15, -0.1) is 11.3 Å². The lowest BCUT2D eigenvalue weighted by molar-refractivity contribution is 0.143. The lowest BCUT2D eigenvalue weighted by Crippen LogP contribution is -2.51. The monoisotopic (exact) mass is 331 g/mol. The number of likely N-dealkylation sites (N-methyl/N-ethyl adjacent to an activating group) is 1. The number of hydrogen-bond acceptors (Lipinski definition) is 3. The Labute approximate surface area is 120 Å². The summed E-state index contributed by atoms with van der Waals surface area (Å²) in [4.78, 5) is 17.4. The first-order valence-electron chi connectivity index (χ1n) is 6.17. The van der Waals surface area contributed by atoms with Gasteiger partial charge in [0.2, 0.25) is 0 Å². The highest BCUT2D eigenvalue weighted by Gasteiger charge is 2.19. The first kappa shape index (κ1) is 13.8. The Morgan fingerprint density at radius 1 is 1.44 bits per heavy atom. The van der Waals surface area contributed by atoms with E-state index in [2.05, 4.69) is 33.1 Å². The number of piperazine rings is 1. The molecule has 0 aliphatic carbocycles. The summed E-state index contributed by atoms with van der Waals surface area (Å²) in [5.41, 5.74) is 0. The molecule has 0 spiro atoms. The number of hydrogen-bond donors (Lipinski definition) is 1. The van der Waals surface area contributed by atoms with Crippen LogP contribution in [0.2, 0.25) is 0 Å². The molecule has 1 aliphatic heterocycles. The molecule has 2 rings (SSSR count). The average Bonchev–Trinajstić information content (AvgIpc) is 2.82. The van der Waals surface area contributed by atoms with Crippen LogP contribution in [-0.4, -0.2) is 48.6 Å². The van der Waals surface area contributed by atoms with E-state index in [9.17, 15) is 4.79 Å². The van der Waals surface area contributed by atoms with E-state index in [1.807, 2.05) is 16.3 Å². The summed E-state index contributed by atoms with van der Waals surface area (Å²) in [6.45, 7) is 7.46. The third-order valence-corrected chi connectivity index (χ3v) is 4.84. The van der Waals surface area contributed by atoms with Crippen LogP contribution in [-0.2, 0) is 6.54 Å². The zero-order valence-corrected chi connectivity index (χ0v) is 12.9. The van der Waals surface area contributed by atoms with Gasteiger partial charge in [0.15, 0.2) is 0 Å². The summed E-state index contributed by atoms with van der Waals surface area (Å²) in [5, 5.41) is 5.00. The van der Waals surface area contributed by atoms with Gasteiger partial charge in [0.05, 0.1) is 6.54 Å². The number of carbonyl (C=O) groups excluding carboxylic acids is 1. The number of rotatable bonds is 3. The molecule has 2 heterocycles. The predicted octanol–water partition coefficient (Wildman–Crippen LogP) is 2.36. The molecular formula is C12H18BrN3OS. The van der Waals surface area contributed by atoms with E-state index in [4.69, 9.17) is 0 Å². The highest BCUT2D eigenvalue weighted by atomic mass is 79.9. The fourth-order valence-electron chi connectivity index (χ4n) is 1.99. The van der Waals surface area contributed by atoms with Crippen molar-refractivity contribution in [1.82, 2.24) is 15.1 Å². The number of thiophene rings is 1. The van der Waals surface area contributed by atoms with Crippen molar-refractivity contribution in [2.24, 2.45) is 0 Å². The maximum atomic E-state index is 12.0. The molecule has 1 N–H and O–H groups in total. The zero-order chi connectivity index (χ0) is 13.0. The van der Waals surface area contributed by atoms with Crippen molar-refractivity contribution in [2.45, 2.75) is 13.5 Å². The largest absolute Gasteiger partial charge is 0.333 e. The van der Waals surface area contributed by atoms with Gasteiger partial charge >= 0.3 is 6.03 Å². The molecular weight excluding hydrogens is 314 g/mol. The molecule has 1 fully saturated rings. The van der Waals surface area contributed by atoms with Gasteiger partial charge in [0, 0.05) is 40.9 Å². The van der Waals surface area contributed by atoms with Crippen molar-refractivity contribution in [3.05, 3.63) is 20.8 Å². The second-order valence-electron chi connectivity index (χ2n) is 4.31. The van der Waals surface area contributed by atoms with Crippen molar-refractivity contribution in [1.29, 1.82) is 0 Å². The number of nitrogens with zero attached hydrogens (tertiary/aromatic N) is 2. The molecule has 1 saturated heterocycles. The van der Waals surface area contributed by atoms with Crippen LogP contribution in [0.5, 0.6) is 0 Å². The van der Waals surface area contributed by atoms with Crippen molar-refractivity contribution in [3.63, 3.8) is 0 Å². The van der Waals surface area contributed by atoms with Gasteiger partial charge in [-0.05, 0) is 28.5 Å². The lowest BCUT2D eigenvalue weighted by atomic mass is 10.3. The Kier molecular flexibility index (Phi) is 5.03. The fourth-order valence-corrected chi connectivity index (χ4v) is 3.38. The zero-order valence-electron chi connectivity index (χ0n) is 10.5. The molecule has 0 saturated carbocycles. The SMILES string of the molecule is CCN1CCN(C(=O)NCc2cc(Br)cs2)CC1. The van der Waals surface area contributed by atoms with E-state index in [0.717, 1.165) is 37.2 Å². The molecule has 1 aromatic heterocycles. The average molecular weight is 332 g/mol. The van der Waals surface area contributed by atoms with Crippen LogP contribution in [0.25, 0.3) is 0 Å². The van der Waals surface area contributed by atoms with Gasteiger partial charge in [-0.1, -0.05) is 6.92 Å². The van der Waals surface area contributed by atoms with Gasteiger partial charge in [-0.25, -0.2) is 4.79 Å². The predicted molar refractivity (Wildman–Crippen MR) is 77.9 cm³/mol. The van der Waals surface area contributed by atoms with Crippen LogP contribution < -0.4 is 5.32 Å². The summed E-state index contributed by atoms with van der Waals surface area (Å²) >= 11 is 5.07. The standard InChI is InChI=1S/C12H18BrN3OS/c1-2-15-3-5-16(6-4-15)12(17)14-8-11-7-10(13)9-18-11/h7,9H,2-6,8H2,1H3,(H,14,17). The Hall–Kier alpha value is -0.590. The van der Waals surface area contributed by atoms with Crippen LogP contribution in [0.15, 0.2) is 15.9 Å². The van der Waals surface area contributed by atoms with Crippen molar-refractivity contribution in [3.8, 4) is 0 Å². The van der Waals surface area contributed by atoms with Crippen molar-refractivity contribution >= 4 is 33.3 Å². The van der Waals surface area contributed by atoms with E-state index in [-0.39, 0.29) is 6.03 Å². The number of carbonyl (C=O) groups is 1. The quantitative estimate of drug-likeness (QED) is 0.922. The minimum Gasteiger partial charge on any atom is -0.333 e. The third-order valence-electron chi connectivity index (χ3n) is 3.14. The summed E-state index contributed by atoms with van der Waals surface area (Å²) < 4.78 is 1.08. The normalized spacial score (nSPS) is 16.9. The van der Waals surface area contributed by atoms with E-state index < -0.39 is 0 Å². The highest BCUT2D eigenvalue weighted by Crippen LogP contribution is 2.19. The number of nitrogens with one attached hydrogen (secondary N) is 1. The molecule has 0 radical (unpaired) electrons. The summed E-state index contributed by atoms with van der Waals surface area (Å²) in [6.07, 6.45) is 0. The molecule has 0 unspecified atom stereocenters. The van der Waals surface area contributed by atoms with E-state index in [1.54, 1.807) is 11.3 Å². The third kappa shape index (κ3) is 3.70. The van der Waals surface area contributed by atoms with Crippen molar-refractivity contribution in [2.75, 3.05) is 32.7 Å². The molecule has 2 amide bonds. The van der Waals surface area contributed by atoms with Crippen LogP contribution in [0.4, 0.5) is 4.79 Å². The second kappa shape index (κ2) is 6.54. The molecule has 18 heavy (non-hydrogen) atoms. The minimum atomic E-state index is 0.0512.